The number of ketones is 2. The molecule has 8 aromatic carbocycles. The molecule has 0 saturated carbocycles. The van der Waals surface area contributed by atoms with Crippen molar-refractivity contribution in [1.29, 1.82) is 0 Å². The topological polar surface area (TPSA) is 335 Å². The van der Waals surface area contributed by atoms with Gasteiger partial charge in [-0.2, -0.15) is 129 Å². The second-order valence-corrected chi connectivity index (χ2v) is 32.2. The molecule has 0 saturated heterocycles. The molecule has 26 nitrogen and oxygen atoms in total. The van der Waals surface area contributed by atoms with E-state index in [1.54, 1.807) is 119 Å². The summed E-state index contributed by atoms with van der Waals surface area (Å²) in [6.45, 7) is 41.5. The molecule has 13 aromatic rings. The van der Waals surface area contributed by atoms with Gasteiger partial charge in [-0.05, 0) is 115 Å². The number of amides is 7. The zero-order valence-corrected chi connectivity index (χ0v) is 97.6. The van der Waals surface area contributed by atoms with Crippen LogP contribution in [0.4, 0.5) is 21.0 Å². The number of benzene rings is 8. The fraction of sp³-hybridized carbons (Fsp3) is 0.302. The number of halogens is 3. The van der Waals surface area contributed by atoms with Crippen LogP contribution in [-0.4, -0.2) is 112 Å². The first kappa shape index (κ1) is 135. The predicted octanol–water partition coefficient (Wildman–Crippen LogP) is 21.6. The van der Waals surface area contributed by atoms with Gasteiger partial charge in [0.05, 0.1) is 61.1 Å². The van der Waals surface area contributed by atoms with E-state index in [1.165, 1.54) is 6.26 Å². The van der Waals surface area contributed by atoms with Gasteiger partial charge in [-0.25, -0.2) is 9.59 Å². The molecule has 745 valence electrons. The molecular formula is C106H117Cl3N12O14V5W2-2. The van der Waals surface area contributed by atoms with Gasteiger partial charge in [0.1, 0.15) is 34.5 Å². The summed E-state index contributed by atoms with van der Waals surface area (Å²) in [6.07, 6.45) is 6.30. The molecule has 2 aliphatic rings. The van der Waals surface area contributed by atoms with Crippen molar-refractivity contribution >= 4 is 87.5 Å². The maximum atomic E-state index is 12.0. The monoisotopic (exact) mass is 2510 g/mol. The Labute approximate surface area is 939 Å². The molecule has 7 heterocycles. The summed E-state index contributed by atoms with van der Waals surface area (Å²) >= 11 is 16.6. The van der Waals surface area contributed by atoms with Crippen LogP contribution in [-0.2, 0) is 204 Å². The Balaban J connectivity index is 0. The Morgan fingerprint density at radius 1 is 0.465 bits per heavy atom. The molecular weight excluding hydrogens is 2390 g/mol. The molecule has 7 amide bonds. The third-order valence-corrected chi connectivity index (χ3v) is 19.8. The van der Waals surface area contributed by atoms with Gasteiger partial charge < -0.3 is 96.2 Å². The number of likely N-dealkylation sites (N-methyl/N-ethyl adjacent to an activating group) is 3. The maximum Gasteiger partial charge on any atom is 2.00 e. The average molecular weight is 2510 g/mol. The van der Waals surface area contributed by atoms with Crippen LogP contribution in [0.2, 0.25) is 15.1 Å². The smallest absolute Gasteiger partial charge is 0.549 e. The summed E-state index contributed by atoms with van der Waals surface area (Å²) in [5.41, 5.74) is 15.4. The number of nitrogens with one attached hydrogen (secondary N) is 5. The third-order valence-electron chi connectivity index (χ3n) is 19.0. The summed E-state index contributed by atoms with van der Waals surface area (Å²) in [7, 11) is 0. The van der Waals surface area contributed by atoms with Crippen LogP contribution in [0, 0.1) is 109 Å². The number of fused-ring (bicyclic) bond motifs is 2. The molecule has 142 heavy (non-hydrogen) atoms. The quantitative estimate of drug-likeness (QED) is 0.0314. The van der Waals surface area contributed by atoms with E-state index in [1.807, 2.05) is 172 Å². The summed E-state index contributed by atoms with van der Waals surface area (Å²) in [5.74, 6) is 3.16. The number of anilines is 2. The van der Waals surface area contributed by atoms with Gasteiger partial charge in [0, 0.05) is 128 Å². The zero-order chi connectivity index (χ0) is 97.8. The van der Waals surface area contributed by atoms with Crippen LogP contribution < -0.4 is 45.9 Å². The standard InChI is InChI=1S/C18H21N4O3.C18H19N3O3.2C17H21N2O3.C14H13NO2.3C6H4Cl.C3H7.CH3.5V.2W/c1-4-19-16(23)9-14-17(11(3)25-21-14)12-6-7-15-13(8-12)10-20-18(24)22(15)5-2;1-4-21-16-6-5-12(7-13(16)9-19-18(21)23)14-10-24-20-15(14)8-17(22)11(2)3;1-5-18-16(20)10-15-17(12(4)19-22-15)13-6-8-14(9-7-13)21-11(2)3;1-5-18-16(20)10-15-17(12(4)19-22-15)13-7-6-8-14(9-13)21-11(2)3;1-10(2)14(16)8-13-12(9-17-15-13)11-6-4-3-5-7-11;3*7-6-4-2-1-3-5-6;1-3-2;;;;;;;;/h6-8H,2,4-5,9-10H2,1,3H3,(H,19,23)(H,20,24);6-7,10-11H,1,4,8-9H2,2-3H3,(H,19,23);6-8,11H,5,10H2,1-4H3,(H,18,20);7-9,11H,5,10H2,1-4H3,(H,18,20);3-4,7,9-10H,8H2,1-2H3;3*2-5H;3H,1-2H3;1H3;;;;;;;/q-1;-2;2*-1;-2;5*-1;5*+2;;. The van der Waals surface area contributed by atoms with E-state index in [0.717, 1.165) is 110 Å². The summed E-state index contributed by atoms with van der Waals surface area (Å²) in [5, 5.41) is 36.1. The van der Waals surface area contributed by atoms with Crippen molar-refractivity contribution in [2.75, 3.05) is 42.5 Å². The first-order valence-electron chi connectivity index (χ1n) is 43.6. The van der Waals surface area contributed by atoms with Crippen LogP contribution in [0.1, 0.15) is 147 Å². The molecule has 36 heteroatoms. The van der Waals surface area contributed by atoms with Crippen LogP contribution in [0.5, 0.6) is 11.5 Å². The molecule has 0 bridgehead atoms. The summed E-state index contributed by atoms with van der Waals surface area (Å²) < 4.78 is 37.2. The Bertz CT molecular complexity index is 5760. The normalized spacial score (nSPS) is 10.7. The van der Waals surface area contributed by atoms with Crippen LogP contribution in [0.15, 0.2) is 193 Å². The van der Waals surface area contributed by atoms with Gasteiger partial charge in [-0.1, -0.05) is 92.3 Å². The van der Waals surface area contributed by atoms with Crippen molar-refractivity contribution < 1.29 is 201 Å². The van der Waals surface area contributed by atoms with Crippen molar-refractivity contribution in [3.05, 3.63) is 318 Å². The van der Waals surface area contributed by atoms with E-state index in [9.17, 15) is 33.6 Å². The fourth-order valence-corrected chi connectivity index (χ4v) is 13.1. The van der Waals surface area contributed by atoms with E-state index < -0.39 is 0 Å². The van der Waals surface area contributed by atoms with E-state index in [2.05, 4.69) is 115 Å². The first-order valence-corrected chi connectivity index (χ1v) is 44.8. The van der Waals surface area contributed by atoms with E-state index in [-0.39, 0.29) is 233 Å². The van der Waals surface area contributed by atoms with Crippen molar-refractivity contribution in [3.8, 4) is 67.1 Å². The molecule has 0 unspecified atom stereocenters. The minimum atomic E-state index is -0.160. The minimum Gasteiger partial charge on any atom is -0.549 e. The van der Waals surface area contributed by atoms with E-state index in [0.29, 0.717) is 92.3 Å². The summed E-state index contributed by atoms with van der Waals surface area (Å²) in [4.78, 5) is 86.0. The number of hydrogen-bond acceptors (Lipinski definition) is 19. The fourth-order valence-electron chi connectivity index (χ4n) is 12.8. The van der Waals surface area contributed by atoms with Crippen molar-refractivity contribution in [3.63, 3.8) is 0 Å². The maximum absolute atomic E-state index is 12.0. The Morgan fingerprint density at radius 2 is 0.908 bits per heavy atom. The molecule has 0 spiro atoms. The van der Waals surface area contributed by atoms with Crippen LogP contribution in [0.25, 0.3) is 55.6 Å². The van der Waals surface area contributed by atoms with E-state index in [4.69, 9.17) is 66.9 Å². The number of carbonyl (C=O) groups excluding carboxylic acids is 7. The van der Waals surface area contributed by atoms with E-state index >= 15 is 0 Å². The van der Waals surface area contributed by atoms with Crippen LogP contribution in [0.3, 0.4) is 0 Å². The number of hydrogen-bond donors (Lipinski definition) is 5. The summed E-state index contributed by atoms with van der Waals surface area (Å²) in [6, 6.07) is 71.1. The molecule has 5 radical (unpaired) electrons. The third kappa shape index (κ3) is 44.4. The van der Waals surface area contributed by atoms with Crippen molar-refractivity contribution in [1.82, 2.24) is 52.4 Å². The van der Waals surface area contributed by atoms with Gasteiger partial charge in [-0.15, -0.1) is 101 Å². The molecule has 0 aliphatic carbocycles. The zero-order valence-electron chi connectivity index (χ0n) is 82.5. The molecule has 0 fully saturated rings. The molecule has 2 aliphatic heterocycles. The van der Waals surface area contributed by atoms with Gasteiger partial charge in [0.2, 0.25) is 17.7 Å². The number of carbonyl (C=O) groups is 7. The number of urea groups is 2. The Hall–Kier alpha value is -9.13. The number of nitrogens with zero attached hydrogens (tertiary/aromatic N) is 7. The van der Waals surface area contributed by atoms with Gasteiger partial charge in [0.15, 0.2) is 0 Å². The number of Topliss-reactive ketones (excluding diaryl/α,β-unsaturated/α-hetero) is 2. The van der Waals surface area contributed by atoms with Gasteiger partial charge >= 0.3 is 105 Å². The molecule has 0 atom stereocenters. The Morgan fingerprint density at radius 3 is 1.32 bits per heavy atom. The first-order chi connectivity index (χ1) is 64.3. The number of rotatable bonds is 26. The molecule has 15 rings (SSSR count). The number of ether oxygens (including phenoxy) is 2. The predicted molar refractivity (Wildman–Crippen MR) is 527 cm³/mol. The average Bonchev–Trinajstić information content (AvgIpc) is 1.70. The van der Waals surface area contributed by atoms with Crippen molar-refractivity contribution in [2.24, 2.45) is 11.8 Å². The number of aromatic nitrogens is 5. The number of aryl methyl sites for hydroxylation is 3. The molecule has 5 aromatic heterocycles. The Kier molecular flexibility index (Phi) is 68.6. The minimum absolute atomic E-state index is 0. The second kappa shape index (κ2) is 72.2. The van der Waals surface area contributed by atoms with Gasteiger partial charge in [-0.3, -0.25) is 59.9 Å². The van der Waals surface area contributed by atoms with Crippen LogP contribution >= 0.6 is 34.8 Å². The SMILES string of the molecule is CC(C)C(=O)Cc1nocc1-c1[c-]cc[c-]c1.CCNC(=O)Cc1onc(C)c1-c1c[c-]c(OC(C)C)cc1.CCNC(=O)Cc1onc(C)c1-c1c[c-]cc(OC(C)C)c1.C[CH-]C.Clc1cc[c-]cc1.Clc1cc[c-]cc1.Clc1cc[c-]cc1.[CH2-]CN1C(=O)NCc2cc(-c3c(CC(=O)NCC)noc3C)ccc21.[CH2-]CN1C(=O)NCc2cc(-c3conc3CC(=O)C(C)C)[c-]cc21.[CH3-].[V+2].[V+2].[V+2].[V+2].[V+2].[W].[W]. The van der Waals surface area contributed by atoms with Crippen molar-refractivity contribution in [2.45, 2.75) is 168 Å². The molecule has 5 N–H and O–H groups in total. The second-order valence-electron chi connectivity index (χ2n) is 30.9. The largest absolute Gasteiger partial charge is 2.00 e. The van der Waals surface area contributed by atoms with Gasteiger partial charge in [0.25, 0.3) is 0 Å².